The number of hydrogen-bond donors (Lipinski definition) is 0. The van der Waals surface area contributed by atoms with E-state index in [2.05, 4.69) is 9.72 Å². The van der Waals surface area contributed by atoms with Crippen molar-refractivity contribution in [2.45, 2.75) is 0 Å². The zero-order valence-electron chi connectivity index (χ0n) is 10.8. The summed E-state index contributed by atoms with van der Waals surface area (Å²) < 4.78 is 9.95. The third kappa shape index (κ3) is 3.46. The van der Waals surface area contributed by atoms with Crippen LogP contribution in [0, 0.1) is 10.1 Å². The first-order chi connectivity index (χ1) is 10.0. The molecule has 0 aliphatic carbocycles. The van der Waals surface area contributed by atoms with Crippen molar-refractivity contribution in [3.05, 3.63) is 57.4 Å². The molecule has 0 radical (unpaired) electrons. The molecular formula is C13H9ClN2O5. The van der Waals surface area contributed by atoms with Gasteiger partial charge in [0.05, 0.1) is 23.8 Å². The van der Waals surface area contributed by atoms with Crippen molar-refractivity contribution < 1.29 is 19.2 Å². The molecule has 21 heavy (non-hydrogen) atoms. The lowest BCUT2D eigenvalue weighted by Gasteiger charge is -2.07. The summed E-state index contributed by atoms with van der Waals surface area (Å²) in [6, 6.07) is 6.68. The molecule has 0 atom stereocenters. The Morgan fingerprint density at radius 2 is 2.10 bits per heavy atom. The van der Waals surface area contributed by atoms with Gasteiger partial charge in [0, 0.05) is 12.1 Å². The molecule has 0 aliphatic heterocycles. The first-order valence-electron chi connectivity index (χ1n) is 5.67. The number of nitro groups is 1. The van der Waals surface area contributed by atoms with E-state index < -0.39 is 10.9 Å². The van der Waals surface area contributed by atoms with Crippen LogP contribution < -0.4 is 4.74 Å². The maximum atomic E-state index is 11.5. The molecule has 0 fully saturated rings. The van der Waals surface area contributed by atoms with Crippen LogP contribution in [0.5, 0.6) is 11.5 Å². The molecule has 1 heterocycles. The van der Waals surface area contributed by atoms with Gasteiger partial charge in [0.15, 0.2) is 0 Å². The molecular weight excluding hydrogens is 300 g/mol. The number of nitrogens with zero attached hydrogens (tertiary/aromatic N) is 2. The quantitative estimate of drug-likeness (QED) is 0.373. The Morgan fingerprint density at radius 3 is 2.67 bits per heavy atom. The number of hydrogen-bond acceptors (Lipinski definition) is 6. The molecule has 0 unspecified atom stereocenters. The highest BCUT2D eigenvalue weighted by molar-refractivity contribution is 6.29. The fraction of sp³-hybridized carbons (Fsp3) is 0.0769. The minimum atomic E-state index is -0.621. The number of halogens is 1. The van der Waals surface area contributed by atoms with Crippen LogP contribution in [-0.4, -0.2) is 23.0 Å². The van der Waals surface area contributed by atoms with Gasteiger partial charge in [0.1, 0.15) is 10.9 Å². The summed E-state index contributed by atoms with van der Waals surface area (Å²) in [7, 11) is 1.22. The lowest BCUT2D eigenvalue weighted by atomic mass is 10.2. The smallest absolute Gasteiger partial charge is 0.337 e. The van der Waals surface area contributed by atoms with E-state index in [1.165, 1.54) is 43.6 Å². The molecule has 0 bridgehead atoms. The highest BCUT2D eigenvalue weighted by atomic mass is 35.5. The lowest BCUT2D eigenvalue weighted by molar-refractivity contribution is -0.385. The number of benzene rings is 1. The Morgan fingerprint density at radius 1 is 1.33 bits per heavy atom. The number of methoxy groups -OCH3 is 1. The van der Waals surface area contributed by atoms with Crippen LogP contribution >= 0.6 is 11.6 Å². The van der Waals surface area contributed by atoms with Crippen molar-refractivity contribution in [1.29, 1.82) is 0 Å². The van der Waals surface area contributed by atoms with E-state index in [9.17, 15) is 14.9 Å². The molecule has 2 aromatic rings. The summed E-state index contributed by atoms with van der Waals surface area (Å²) in [6.07, 6.45) is 1.32. The molecule has 0 spiro atoms. The van der Waals surface area contributed by atoms with Gasteiger partial charge in [-0.25, -0.2) is 9.78 Å². The number of carbonyl (C=O) groups is 1. The number of aromatic nitrogens is 1. The normalized spacial score (nSPS) is 10.0. The highest BCUT2D eigenvalue weighted by Crippen LogP contribution is 2.32. The monoisotopic (exact) mass is 308 g/mol. The summed E-state index contributed by atoms with van der Waals surface area (Å²) in [6.45, 7) is 0. The van der Waals surface area contributed by atoms with Gasteiger partial charge in [-0.3, -0.25) is 10.1 Å². The van der Waals surface area contributed by atoms with Crippen molar-refractivity contribution in [2.75, 3.05) is 7.11 Å². The van der Waals surface area contributed by atoms with E-state index in [0.29, 0.717) is 0 Å². The molecule has 8 heteroatoms. The van der Waals surface area contributed by atoms with Crippen LogP contribution in [0.4, 0.5) is 5.69 Å². The average Bonchev–Trinajstić information content (AvgIpc) is 2.48. The Kier molecular flexibility index (Phi) is 4.34. The Balaban J connectivity index is 2.40. The maximum absolute atomic E-state index is 11.5. The van der Waals surface area contributed by atoms with Gasteiger partial charge in [-0.2, -0.15) is 0 Å². The molecule has 0 N–H and O–H groups in total. The third-order valence-electron chi connectivity index (χ3n) is 2.51. The molecule has 7 nitrogen and oxygen atoms in total. The summed E-state index contributed by atoms with van der Waals surface area (Å²) in [5.41, 5.74) is -0.141. The molecule has 0 saturated carbocycles. The number of esters is 1. The number of rotatable bonds is 4. The minimum absolute atomic E-state index is 0.0907. The van der Waals surface area contributed by atoms with Crippen molar-refractivity contribution >= 4 is 23.3 Å². The van der Waals surface area contributed by atoms with Gasteiger partial charge >= 0.3 is 11.7 Å². The van der Waals surface area contributed by atoms with Crippen LogP contribution in [0.25, 0.3) is 0 Å². The number of nitro benzene ring substituents is 1. The SMILES string of the molecule is COC(=O)c1ccc([N+](=O)[O-])c(Oc2ccc(Cl)nc2)c1. The van der Waals surface area contributed by atoms with Crippen LogP contribution in [0.15, 0.2) is 36.5 Å². The second-order valence-corrected chi connectivity index (χ2v) is 4.24. The Bertz CT molecular complexity index is 687. The minimum Gasteiger partial charge on any atom is -0.465 e. The predicted octanol–water partition coefficient (Wildman–Crippen LogP) is 3.22. The largest absolute Gasteiger partial charge is 0.465 e. The van der Waals surface area contributed by atoms with Gasteiger partial charge in [0.25, 0.3) is 0 Å². The Labute approximate surface area is 124 Å². The van der Waals surface area contributed by atoms with Gasteiger partial charge in [-0.05, 0) is 18.2 Å². The first kappa shape index (κ1) is 14.7. The van der Waals surface area contributed by atoms with Gasteiger partial charge in [-0.15, -0.1) is 0 Å². The van der Waals surface area contributed by atoms with Crippen LogP contribution in [0.2, 0.25) is 5.15 Å². The maximum Gasteiger partial charge on any atom is 0.337 e. The molecule has 1 aromatic carbocycles. The zero-order chi connectivity index (χ0) is 15.4. The van der Waals surface area contributed by atoms with Crippen molar-refractivity contribution in [1.82, 2.24) is 4.98 Å². The van der Waals surface area contributed by atoms with Gasteiger partial charge in [0.2, 0.25) is 5.75 Å². The van der Waals surface area contributed by atoms with E-state index in [0.717, 1.165) is 0 Å². The highest BCUT2D eigenvalue weighted by Gasteiger charge is 2.19. The number of ether oxygens (including phenoxy) is 2. The van der Waals surface area contributed by atoms with Crippen molar-refractivity contribution in [2.24, 2.45) is 0 Å². The second-order valence-electron chi connectivity index (χ2n) is 3.85. The summed E-state index contributed by atoms with van der Waals surface area (Å²) >= 11 is 5.65. The number of pyridine rings is 1. The Hall–Kier alpha value is -2.67. The average molecular weight is 309 g/mol. The molecule has 0 aliphatic rings. The molecule has 2 rings (SSSR count). The summed E-state index contributed by atoms with van der Waals surface area (Å²) in [5.74, 6) is -0.458. The summed E-state index contributed by atoms with van der Waals surface area (Å²) in [5, 5.41) is 11.3. The van der Waals surface area contributed by atoms with E-state index in [-0.39, 0.29) is 27.9 Å². The van der Waals surface area contributed by atoms with E-state index in [4.69, 9.17) is 16.3 Å². The third-order valence-corrected chi connectivity index (χ3v) is 2.73. The van der Waals surface area contributed by atoms with E-state index in [1.54, 1.807) is 0 Å². The molecule has 108 valence electrons. The van der Waals surface area contributed by atoms with Crippen molar-refractivity contribution in [3.8, 4) is 11.5 Å². The molecule has 1 aromatic heterocycles. The molecule has 0 amide bonds. The van der Waals surface area contributed by atoms with Crippen LogP contribution in [-0.2, 0) is 4.74 Å². The molecule has 0 saturated heterocycles. The van der Waals surface area contributed by atoms with E-state index in [1.807, 2.05) is 0 Å². The van der Waals surface area contributed by atoms with Gasteiger partial charge < -0.3 is 9.47 Å². The zero-order valence-corrected chi connectivity index (χ0v) is 11.5. The van der Waals surface area contributed by atoms with Crippen LogP contribution in [0.1, 0.15) is 10.4 Å². The second kappa shape index (κ2) is 6.19. The van der Waals surface area contributed by atoms with Crippen LogP contribution in [0.3, 0.4) is 0 Å². The van der Waals surface area contributed by atoms with Crippen molar-refractivity contribution in [3.63, 3.8) is 0 Å². The fourth-order valence-electron chi connectivity index (χ4n) is 1.54. The van der Waals surface area contributed by atoms with E-state index >= 15 is 0 Å². The topological polar surface area (TPSA) is 91.6 Å². The van der Waals surface area contributed by atoms with Gasteiger partial charge in [-0.1, -0.05) is 11.6 Å². The fourth-order valence-corrected chi connectivity index (χ4v) is 1.65. The lowest BCUT2D eigenvalue weighted by Crippen LogP contribution is -2.02. The summed E-state index contributed by atoms with van der Waals surface area (Å²) in [4.78, 5) is 25.6. The number of carbonyl (C=O) groups excluding carboxylic acids is 1. The standard InChI is InChI=1S/C13H9ClN2O5/c1-20-13(17)8-2-4-10(16(18)19)11(6-8)21-9-3-5-12(14)15-7-9/h2-7H,1H3. The first-order valence-corrected chi connectivity index (χ1v) is 6.05. The predicted molar refractivity (Wildman–Crippen MR) is 73.8 cm³/mol.